The second-order valence-corrected chi connectivity index (χ2v) is 7.25. The standard InChI is InChI=1S/C13H15BrN2OS/c1-7-3-4-9-10(6-15)13(18-11(9)5-7)16-12(17)8(2)14/h7-8H,3-5H2,1-2H3,(H,16,17). The van der Waals surface area contributed by atoms with Gasteiger partial charge in [0.15, 0.2) is 0 Å². The summed E-state index contributed by atoms with van der Waals surface area (Å²) in [6, 6.07) is 2.24. The summed E-state index contributed by atoms with van der Waals surface area (Å²) in [5.74, 6) is 0.569. The van der Waals surface area contributed by atoms with Gasteiger partial charge in [0.25, 0.3) is 0 Å². The zero-order chi connectivity index (χ0) is 13.3. The normalized spacial score (nSPS) is 19.8. The van der Waals surface area contributed by atoms with E-state index in [1.165, 1.54) is 4.88 Å². The molecule has 0 radical (unpaired) electrons. The molecular weight excluding hydrogens is 312 g/mol. The van der Waals surface area contributed by atoms with E-state index in [4.69, 9.17) is 0 Å². The average Bonchev–Trinajstić information content (AvgIpc) is 2.64. The highest BCUT2D eigenvalue weighted by Crippen LogP contribution is 2.39. The fourth-order valence-electron chi connectivity index (χ4n) is 2.17. The molecule has 1 N–H and O–H groups in total. The molecule has 18 heavy (non-hydrogen) atoms. The fourth-order valence-corrected chi connectivity index (χ4v) is 3.65. The molecule has 2 atom stereocenters. The maximum atomic E-state index is 11.7. The third-order valence-electron chi connectivity index (χ3n) is 3.22. The molecule has 1 aromatic rings. The Bertz CT molecular complexity index is 516. The van der Waals surface area contributed by atoms with Crippen molar-refractivity contribution in [3.8, 4) is 6.07 Å². The molecule has 2 rings (SSSR count). The Kier molecular flexibility index (Phi) is 4.08. The van der Waals surface area contributed by atoms with Gasteiger partial charge in [-0.05, 0) is 37.7 Å². The van der Waals surface area contributed by atoms with Crippen LogP contribution in [0.4, 0.5) is 5.00 Å². The van der Waals surface area contributed by atoms with Crippen LogP contribution in [0.25, 0.3) is 0 Å². The fraction of sp³-hybridized carbons (Fsp3) is 0.538. The van der Waals surface area contributed by atoms with Gasteiger partial charge in [-0.3, -0.25) is 4.79 Å². The van der Waals surface area contributed by atoms with Crippen LogP contribution in [0.3, 0.4) is 0 Å². The summed E-state index contributed by atoms with van der Waals surface area (Å²) in [6.45, 7) is 4.00. The van der Waals surface area contributed by atoms with E-state index in [1.807, 2.05) is 0 Å². The number of nitriles is 1. The Morgan fingerprint density at radius 2 is 2.39 bits per heavy atom. The van der Waals surface area contributed by atoms with E-state index in [1.54, 1.807) is 18.3 Å². The number of fused-ring (bicyclic) bond motifs is 1. The van der Waals surface area contributed by atoms with Crippen LogP contribution in [0, 0.1) is 17.2 Å². The largest absolute Gasteiger partial charge is 0.316 e. The molecule has 1 amide bonds. The Hall–Kier alpha value is -0.860. The van der Waals surface area contributed by atoms with Crippen LogP contribution >= 0.6 is 27.3 Å². The number of nitrogens with zero attached hydrogens (tertiary/aromatic N) is 1. The number of carbonyl (C=O) groups is 1. The number of halogens is 1. The summed E-state index contributed by atoms with van der Waals surface area (Å²) in [5.41, 5.74) is 1.82. The van der Waals surface area contributed by atoms with Gasteiger partial charge in [0.1, 0.15) is 11.1 Å². The molecule has 0 fully saturated rings. The zero-order valence-corrected chi connectivity index (χ0v) is 12.8. The monoisotopic (exact) mass is 326 g/mol. The SMILES string of the molecule is CC1CCc2c(sc(NC(=O)C(C)Br)c2C#N)C1. The lowest BCUT2D eigenvalue weighted by atomic mass is 9.89. The number of nitrogens with one attached hydrogen (secondary N) is 1. The first-order valence-electron chi connectivity index (χ1n) is 6.02. The molecular formula is C13H15BrN2OS. The lowest BCUT2D eigenvalue weighted by Gasteiger charge is -2.17. The van der Waals surface area contributed by atoms with Gasteiger partial charge >= 0.3 is 0 Å². The summed E-state index contributed by atoms with van der Waals surface area (Å²) >= 11 is 4.80. The number of anilines is 1. The van der Waals surface area contributed by atoms with Crippen molar-refractivity contribution >= 4 is 38.2 Å². The summed E-state index contributed by atoms with van der Waals surface area (Å²) in [5, 5.41) is 12.8. The molecule has 1 aliphatic carbocycles. The predicted molar refractivity (Wildman–Crippen MR) is 77.2 cm³/mol. The maximum Gasteiger partial charge on any atom is 0.238 e. The molecule has 1 heterocycles. The predicted octanol–water partition coefficient (Wildman–Crippen LogP) is 3.47. The topological polar surface area (TPSA) is 52.9 Å². The second kappa shape index (κ2) is 5.41. The first-order chi connectivity index (χ1) is 8.52. The van der Waals surface area contributed by atoms with E-state index in [0.29, 0.717) is 16.5 Å². The number of hydrogen-bond donors (Lipinski definition) is 1. The molecule has 96 valence electrons. The van der Waals surface area contributed by atoms with Crippen molar-refractivity contribution in [3.63, 3.8) is 0 Å². The third kappa shape index (κ3) is 2.60. The first-order valence-corrected chi connectivity index (χ1v) is 7.75. The van der Waals surface area contributed by atoms with Crippen LogP contribution in [-0.2, 0) is 17.6 Å². The van der Waals surface area contributed by atoms with Crippen molar-refractivity contribution < 1.29 is 4.79 Å². The molecule has 0 spiro atoms. The molecule has 0 aliphatic heterocycles. The lowest BCUT2D eigenvalue weighted by Crippen LogP contribution is -2.19. The van der Waals surface area contributed by atoms with Crippen LogP contribution in [0.15, 0.2) is 0 Å². The Morgan fingerprint density at radius 3 is 3.00 bits per heavy atom. The summed E-state index contributed by atoms with van der Waals surface area (Å²) in [4.78, 5) is 12.7. The van der Waals surface area contributed by atoms with Crippen LogP contribution in [0.2, 0.25) is 0 Å². The van der Waals surface area contributed by atoms with Crippen molar-refractivity contribution in [1.82, 2.24) is 0 Å². The highest BCUT2D eigenvalue weighted by atomic mass is 79.9. The number of thiophene rings is 1. The lowest BCUT2D eigenvalue weighted by molar-refractivity contribution is -0.115. The number of amides is 1. The molecule has 0 saturated carbocycles. The zero-order valence-electron chi connectivity index (χ0n) is 10.4. The minimum atomic E-state index is -0.248. The second-order valence-electron chi connectivity index (χ2n) is 4.77. The molecule has 1 aromatic heterocycles. The summed E-state index contributed by atoms with van der Waals surface area (Å²) in [6.07, 6.45) is 3.10. The van der Waals surface area contributed by atoms with Crippen molar-refractivity contribution in [2.75, 3.05) is 5.32 Å². The number of carbonyl (C=O) groups excluding carboxylic acids is 1. The Balaban J connectivity index is 2.32. The van der Waals surface area contributed by atoms with Crippen LogP contribution in [-0.4, -0.2) is 10.7 Å². The van der Waals surface area contributed by atoms with Crippen LogP contribution in [0.1, 0.15) is 36.3 Å². The Morgan fingerprint density at radius 1 is 1.67 bits per heavy atom. The van der Waals surface area contributed by atoms with Crippen molar-refractivity contribution in [3.05, 3.63) is 16.0 Å². The minimum Gasteiger partial charge on any atom is -0.316 e. The van der Waals surface area contributed by atoms with E-state index in [2.05, 4.69) is 34.2 Å². The molecule has 0 aromatic carbocycles. The first kappa shape index (κ1) is 13.6. The van der Waals surface area contributed by atoms with Gasteiger partial charge < -0.3 is 5.32 Å². The van der Waals surface area contributed by atoms with Crippen LogP contribution in [0.5, 0.6) is 0 Å². The van der Waals surface area contributed by atoms with Crippen LogP contribution < -0.4 is 5.32 Å². The quantitative estimate of drug-likeness (QED) is 0.846. The van der Waals surface area contributed by atoms with E-state index in [9.17, 15) is 10.1 Å². The maximum absolute atomic E-state index is 11.7. The molecule has 0 saturated heterocycles. The van der Waals surface area contributed by atoms with Gasteiger partial charge in [0, 0.05) is 4.88 Å². The highest BCUT2D eigenvalue weighted by molar-refractivity contribution is 9.10. The summed E-state index contributed by atoms with van der Waals surface area (Å²) in [7, 11) is 0. The number of hydrogen-bond acceptors (Lipinski definition) is 3. The minimum absolute atomic E-state index is 0.0989. The van der Waals surface area contributed by atoms with Crippen molar-refractivity contribution in [2.24, 2.45) is 5.92 Å². The van der Waals surface area contributed by atoms with Gasteiger partial charge in [0.05, 0.1) is 10.4 Å². The summed E-state index contributed by atoms with van der Waals surface area (Å²) < 4.78 is 0. The van der Waals surface area contributed by atoms with E-state index in [-0.39, 0.29) is 10.7 Å². The smallest absolute Gasteiger partial charge is 0.238 e. The number of rotatable bonds is 2. The molecule has 2 unspecified atom stereocenters. The van der Waals surface area contributed by atoms with Crippen molar-refractivity contribution in [2.45, 2.75) is 37.9 Å². The van der Waals surface area contributed by atoms with E-state index in [0.717, 1.165) is 24.8 Å². The van der Waals surface area contributed by atoms with Gasteiger partial charge in [-0.1, -0.05) is 22.9 Å². The average molecular weight is 327 g/mol. The van der Waals surface area contributed by atoms with Crippen molar-refractivity contribution in [1.29, 1.82) is 5.26 Å². The molecule has 3 nitrogen and oxygen atoms in total. The van der Waals surface area contributed by atoms with Gasteiger partial charge in [0.2, 0.25) is 5.91 Å². The Labute approximate surface area is 119 Å². The third-order valence-corrected chi connectivity index (χ3v) is 4.81. The van der Waals surface area contributed by atoms with Gasteiger partial charge in [-0.2, -0.15) is 5.26 Å². The number of alkyl halides is 1. The van der Waals surface area contributed by atoms with E-state index < -0.39 is 0 Å². The molecule has 5 heteroatoms. The molecule has 1 aliphatic rings. The van der Waals surface area contributed by atoms with E-state index >= 15 is 0 Å². The molecule has 0 bridgehead atoms. The highest BCUT2D eigenvalue weighted by Gasteiger charge is 2.25. The van der Waals surface area contributed by atoms with Gasteiger partial charge in [-0.15, -0.1) is 11.3 Å². The van der Waals surface area contributed by atoms with Gasteiger partial charge in [-0.25, -0.2) is 0 Å².